The predicted octanol–water partition coefficient (Wildman–Crippen LogP) is 5.20. The molecule has 0 N–H and O–H groups in total. The van der Waals surface area contributed by atoms with E-state index in [9.17, 15) is 4.79 Å². The Kier molecular flexibility index (Phi) is 7.97. The van der Waals surface area contributed by atoms with Crippen molar-refractivity contribution in [1.29, 1.82) is 0 Å². The highest BCUT2D eigenvalue weighted by Crippen LogP contribution is 2.24. The van der Waals surface area contributed by atoms with Gasteiger partial charge in [-0.1, -0.05) is 25.3 Å². The third-order valence-corrected chi connectivity index (χ3v) is 6.10. The molecule has 0 rings (SSSR count). The summed E-state index contributed by atoms with van der Waals surface area (Å²) >= 11 is 0. The van der Waals surface area contributed by atoms with Crippen molar-refractivity contribution in [2.24, 2.45) is 0 Å². The molecule has 8 heteroatoms. The molecule has 4 nitrogen and oxygen atoms in total. The monoisotopic (exact) mass is 406 g/mol. The highest BCUT2D eigenvalue weighted by molar-refractivity contribution is 6.81. The Morgan fingerprint density at radius 1 is 0.708 bits per heavy atom. The van der Waals surface area contributed by atoms with E-state index in [0.717, 1.165) is 0 Å². The molecule has 24 heavy (non-hydrogen) atoms. The molecule has 0 saturated heterocycles. The third-order valence-electron chi connectivity index (χ3n) is 2.35. The number of rotatable bonds is 8. The van der Waals surface area contributed by atoms with Gasteiger partial charge in [0, 0.05) is 0 Å². The van der Waals surface area contributed by atoms with E-state index >= 15 is 0 Å². The molecule has 0 radical (unpaired) electrons. The molecular weight excluding hydrogens is 369 g/mol. The van der Waals surface area contributed by atoms with Crippen LogP contribution < -0.4 is 0 Å². The molecule has 1 atom stereocenters. The summed E-state index contributed by atoms with van der Waals surface area (Å²) in [7, 11) is -7.40. The van der Waals surface area contributed by atoms with Gasteiger partial charge in [0.25, 0.3) is 0 Å². The summed E-state index contributed by atoms with van der Waals surface area (Å²) in [5.41, 5.74) is 2.15. The molecule has 0 spiro atoms. The second kappa shape index (κ2) is 8.03. The molecule has 0 bridgehead atoms. The van der Waals surface area contributed by atoms with Crippen molar-refractivity contribution in [3.05, 3.63) is 11.5 Å². The number of carbonyl (C=O) groups excluding carboxylic acids is 1. The van der Waals surface area contributed by atoms with Crippen LogP contribution in [0.3, 0.4) is 0 Å². The summed E-state index contributed by atoms with van der Waals surface area (Å²) in [6, 6.07) is 0. The van der Waals surface area contributed by atoms with Crippen LogP contribution in [-0.2, 0) is 18.1 Å². The lowest BCUT2D eigenvalue weighted by Gasteiger charge is -2.33. The molecule has 0 aromatic rings. The van der Waals surface area contributed by atoms with E-state index in [4.69, 9.17) is 13.3 Å². The fourth-order valence-corrected chi connectivity index (χ4v) is 5.56. The Balaban J connectivity index is 5.90. The van der Waals surface area contributed by atoms with Crippen molar-refractivity contribution in [3.63, 3.8) is 0 Å². The van der Waals surface area contributed by atoms with Crippen molar-refractivity contribution in [1.82, 2.24) is 0 Å². The molecule has 0 aromatic heterocycles. The van der Waals surface area contributed by atoms with E-state index in [2.05, 4.69) is 64.6 Å². The maximum atomic E-state index is 12.9. The van der Waals surface area contributed by atoms with Crippen LogP contribution >= 0.6 is 0 Å². The highest BCUT2D eigenvalue weighted by Gasteiger charge is 2.37. The summed E-state index contributed by atoms with van der Waals surface area (Å²) in [6.07, 6.45) is -0.734. The van der Waals surface area contributed by atoms with E-state index in [1.54, 1.807) is 0 Å². The smallest absolute Gasteiger partial charge is 0.328 e. The lowest BCUT2D eigenvalue weighted by molar-refractivity contribution is -0.142. The van der Waals surface area contributed by atoms with E-state index < -0.39 is 39.1 Å². The fourth-order valence-electron chi connectivity index (χ4n) is 1.87. The van der Waals surface area contributed by atoms with Gasteiger partial charge in [-0.15, -0.1) is 0 Å². The number of carbonyl (C=O) groups is 1. The molecule has 0 amide bonds. The first-order valence-electron chi connectivity index (χ1n) is 8.62. The highest BCUT2D eigenvalue weighted by atomic mass is 28.4. The minimum Gasteiger partial charge on any atom is -0.545 e. The molecule has 0 saturated carbocycles. The summed E-state index contributed by atoms with van der Waals surface area (Å²) in [4.78, 5) is 12.9. The maximum Gasteiger partial charge on any atom is 0.328 e. The van der Waals surface area contributed by atoms with E-state index in [1.165, 1.54) is 0 Å². The summed E-state index contributed by atoms with van der Waals surface area (Å²) in [5, 5.41) is 0. The van der Waals surface area contributed by atoms with Crippen molar-refractivity contribution in [2.75, 3.05) is 0 Å². The second-order valence-electron chi connectivity index (χ2n) is 10.3. The van der Waals surface area contributed by atoms with Crippen LogP contribution in [0.25, 0.3) is 0 Å². The van der Waals surface area contributed by atoms with Gasteiger partial charge in [-0.3, -0.25) is 4.79 Å². The lowest BCUT2D eigenvalue weighted by Crippen LogP contribution is -2.45. The lowest BCUT2D eigenvalue weighted by atomic mass is 10.3. The molecule has 142 valence electrons. The standard InChI is InChI=1S/C16H38O4Si4/c1-21(2,3)13-14(18-22(4,5)6)15(19-23(7,8)9)16(17)20-24(10,11)12/h13,15H,1-12H3/b14-13+. The van der Waals surface area contributed by atoms with Crippen LogP contribution in [0, 0.1) is 0 Å². The zero-order chi connectivity index (χ0) is 19.6. The van der Waals surface area contributed by atoms with E-state index in [-0.39, 0.29) is 5.97 Å². The number of hydrogen-bond acceptors (Lipinski definition) is 4. The van der Waals surface area contributed by atoms with Crippen molar-refractivity contribution in [2.45, 2.75) is 84.7 Å². The third kappa shape index (κ3) is 12.2. The van der Waals surface area contributed by atoms with Gasteiger partial charge in [0.05, 0.1) is 8.07 Å². The SMILES string of the molecule is C[Si](C)(C)/C=C(/O[Si](C)(C)C)C(O[Si](C)(C)C)C(=O)O[Si](C)(C)C. The van der Waals surface area contributed by atoms with E-state index in [0.29, 0.717) is 5.76 Å². The van der Waals surface area contributed by atoms with Crippen LogP contribution in [0.5, 0.6) is 0 Å². The summed E-state index contributed by atoms with van der Waals surface area (Å²) < 4.78 is 18.3. The Labute approximate surface area is 153 Å². The molecular formula is C16H38O4Si4. The van der Waals surface area contributed by atoms with Crippen molar-refractivity contribution in [3.8, 4) is 0 Å². The molecule has 0 heterocycles. The van der Waals surface area contributed by atoms with Crippen LogP contribution in [0.4, 0.5) is 0 Å². The van der Waals surface area contributed by atoms with Crippen LogP contribution in [0.2, 0.25) is 78.6 Å². The maximum absolute atomic E-state index is 12.9. The Morgan fingerprint density at radius 2 is 1.12 bits per heavy atom. The zero-order valence-electron chi connectivity index (χ0n) is 17.8. The van der Waals surface area contributed by atoms with Gasteiger partial charge in [0.2, 0.25) is 16.6 Å². The normalized spacial score (nSPS) is 15.9. The van der Waals surface area contributed by atoms with Gasteiger partial charge in [-0.05, 0) is 58.9 Å². The van der Waals surface area contributed by atoms with Gasteiger partial charge >= 0.3 is 5.97 Å². The average Bonchev–Trinajstić information content (AvgIpc) is 2.16. The second-order valence-corrected chi connectivity index (χ2v) is 28.6. The minimum absolute atomic E-state index is 0.292. The Hall–Kier alpha value is -0.162. The van der Waals surface area contributed by atoms with Gasteiger partial charge in [0.15, 0.2) is 14.4 Å². The largest absolute Gasteiger partial charge is 0.545 e. The van der Waals surface area contributed by atoms with Gasteiger partial charge in [0.1, 0.15) is 5.76 Å². The van der Waals surface area contributed by atoms with Crippen molar-refractivity contribution < 1.29 is 18.1 Å². The van der Waals surface area contributed by atoms with Crippen LogP contribution in [-0.4, -0.2) is 45.1 Å². The van der Waals surface area contributed by atoms with Gasteiger partial charge in [-0.2, -0.15) is 0 Å². The number of hydrogen-bond donors (Lipinski definition) is 0. The molecule has 0 fully saturated rings. The van der Waals surface area contributed by atoms with Crippen molar-refractivity contribution >= 4 is 39.0 Å². The predicted molar refractivity (Wildman–Crippen MR) is 114 cm³/mol. The van der Waals surface area contributed by atoms with Crippen LogP contribution in [0.1, 0.15) is 0 Å². The van der Waals surface area contributed by atoms with E-state index in [1.807, 2.05) is 19.6 Å². The Bertz CT molecular complexity index is 462. The minimum atomic E-state index is -2.00. The summed E-state index contributed by atoms with van der Waals surface area (Å²) in [5.74, 6) is 0.387. The first-order chi connectivity index (χ1) is 10.3. The van der Waals surface area contributed by atoms with Crippen LogP contribution in [0.15, 0.2) is 11.5 Å². The topological polar surface area (TPSA) is 44.8 Å². The zero-order valence-corrected chi connectivity index (χ0v) is 21.8. The first-order valence-corrected chi connectivity index (χ1v) is 22.4. The first kappa shape index (κ1) is 23.8. The fraction of sp³-hybridized carbons (Fsp3) is 0.812. The van der Waals surface area contributed by atoms with Gasteiger partial charge < -0.3 is 13.3 Å². The molecule has 0 aliphatic heterocycles. The molecule has 0 aliphatic rings. The summed E-state index contributed by atoms with van der Waals surface area (Å²) in [6.45, 7) is 25.4. The van der Waals surface area contributed by atoms with Gasteiger partial charge in [-0.25, -0.2) is 0 Å². The Morgan fingerprint density at radius 3 is 1.42 bits per heavy atom. The molecule has 0 aliphatic carbocycles. The molecule has 0 aromatic carbocycles. The quantitative estimate of drug-likeness (QED) is 0.410. The molecule has 1 unspecified atom stereocenters. The average molecular weight is 407 g/mol.